The fourth-order valence-corrected chi connectivity index (χ4v) is 3.39. The Hall–Kier alpha value is -0.860. The largest absolute Gasteiger partial charge is 0.312 e. The molecule has 1 N–H and O–H groups in total. The zero-order valence-corrected chi connectivity index (χ0v) is 11.5. The Labute approximate surface area is 110 Å². The van der Waals surface area contributed by atoms with Crippen LogP contribution in [0.5, 0.6) is 0 Å². The second kappa shape index (κ2) is 5.02. The minimum absolute atomic E-state index is 0.514. The number of hydrogen-bond donors (Lipinski definition) is 1. The summed E-state index contributed by atoms with van der Waals surface area (Å²) in [5.41, 5.74) is 3.05. The molecule has 0 spiro atoms. The van der Waals surface area contributed by atoms with Crippen LogP contribution in [0.4, 0.5) is 0 Å². The van der Waals surface area contributed by atoms with Gasteiger partial charge in [0.15, 0.2) is 0 Å². The molecule has 2 aliphatic carbocycles. The average molecular weight is 244 g/mol. The molecule has 0 heterocycles. The van der Waals surface area contributed by atoms with Gasteiger partial charge in [0, 0.05) is 18.6 Å². The van der Waals surface area contributed by atoms with Gasteiger partial charge in [-0.2, -0.15) is 0 Å². The first kappa shape index (κ1) is 12.2. The summed E-state index contributed by atoms with van der Waals surface area (Å²) < 4.78 is 0. The van der Waals surface area contributed by atoms with Gasteiger partial charge < -0.3 is 5.32 Å². The Balaban J connectivity index is 1.80. The van der Waals surface area contributed by atoms with E-state index in [4.69, 9.17) is 0 Å². The first-order valence-electron chi connectivity index (χ1n) is 7.32. The molecule has 3 rings (SSSR count). The SMILES string of the molecule is CCN(CC1CC1)C1Cc2ccccc2C1NC. The molecular weight excluding hydrogens is 220 g/mol. The van der Waals surface area contributed by atoms with Gasteiger partial charge in [0.2, 0.25) is 0 Å². The third-order valence-electron chi connectivity index (χ3n) is 4.58. The molecule has 2 nitrogen and oxygen atoms in total. The minimum atomic E-state index is 0.514. The van der Waals surface area contributed by atoms with Crippen molar-refractivity contribution < 1.29 is 0 Å². The van der Waals surface area contributed by atoms with Crippen molar-refractivity contribution in [2.45, 2.75) is 38.3 Å². The maximum absolute atomic E-state index is 3.54. The van der Waals surface area contributed by atoms with Crippen LogP contribution in [0.25, 0.3) is 0 Å². The fraction of sp³-hybridized carbons (Fsp3) is 0.625. The molecule has 98 valence electrons. The zero-order chi connectivity index (χ0) is 12.5. The molecule has 0 amide bonds. The van der Waals surface area contributed by atoms with E-state index >= 15 is 0 Å². The quantitative estimate of drug-likeness (QED) is 0.856. The van der Waals surface area contributed by atoms with Crippen molar-refractivity contribution in [1.82, 2.24) is 10.2 Å². The molecule has 2 atom stereocenters. The second-order valence-electron chi connectivity index (χ2n) is 5.77. The highest BCUT2D eigenvalue weighted by atomic mass is 15.2. The molecule has 18 heavy (non-hydrogen) atoms. The highest BCUT2D eigenvalue weighted by molar-refractivity contribution is 5.37. The highest BCUT2D eigenvalue weighted by Crippen LogP contribution is 2.37. The Morgan fingerprint density at radius 1 is 1.28 bits per heavy atom. The average Bonchev–Trinajstić information content (AvgIpc) is 3.14. The van der Waals surface area contributed by atoms with Crippen LogP contribution >= 0.6 is 0 Å². The van der Waals surface area contributed by atoms with Crippen molar-refractivity contribution in [2.24, 2.45) is 5.92 Å². The number of rotatable bonds is 5. The predicted molar refractivity (Wildman–Crippen MR) is 75.7 cm³/mol. The normalized spacial score (nSPS) is 26.6. The van der Waals surface area contributed by atoms with Gasteiger partial charge in [0.05, 0.1) is 0 Å². The van der Waals surface area contributed by atoms with Gasteiger partial charge in [-0.05, 0) is 49.9 Å². The Morgan fingerprint density at radius 3 is 2.72 bits per heavy atom. The third-order valence-corrected chi connectivity index (χ3v) is 4.58. The molecule has 1 aromatic carbocycles. The van der Waals surface area contributed by atoms with Crippen molar-refractivity contribution in [3.8, 4) is 0 Å². The Morgan fingerprint density at radius 2 is 2.06 bits per heavy atom. The number of fused-ring (bicyclic) bond motifs is 1. The summed E-state index contributed by atoms with van der Waals surface area (Å²) >= 11 is 0. The standard InChI is InChI=1S/C16H24N2/c1-3-18(11-12-8-9-12)15-10-13-6-4-5-7-14(13)16(15)17-2/h4-7,12,15-17H,3,8-11H2,1-2H3. The van der Waals surface area contributed by atoms with Crippen molar-refractivity contribution >= 4 is 0 Å². The maximum Gasteiger partial charge on any atom is 0.0481 e. The van der Waals surface area contributed by atoms with E-state index in [1.54, 1.807) is 0 Å². The molecule has 0 aliphatic heterocycles. The van der Waals surface area contributed by atoms with Gasteiger partial charge in [-0.1, -0.05) is 31.2 Å². The lowest BCUT2D eigenvalue weighted by molar-refractivity contribution is 0.170. The lowest BCUT2D eigenvalue weighted by atomic mass is 10.1. The second-order valence-corrected chi connectivity index (χ2v) is 5.77. The number of hydrogen-bond acceptors (Lipinski definition) is 2. The molecule has 2 unspecified atom stereocenters. The molecule has 1 aromatic rings. The number of likely N-dealkylation sites (N-methyl/N-ethyl adjacent to an activating group) is 2. The van der Waals surface area contributed by atoms with Crippen LogP contribution < -0.4 is 5.32 Å². The summed E-state index contributed by atoms with van der Waals surface area (Å²) in [5, 5.41) is 3.54. The van der Waals surface area contributed by atoms with Gasteiger partial charge in [-0.15, -0.1) is 0 Å². The van der Waals surface area contributed by atoms with E-state index in [2.05, 4.69) is 48.5 Å². The Kier molecular flexibility index (Phi) is 3.40. The molecule has 2 heteroatoms. The van der Waals surface area contributed by atoms with Crippen LogP contribution in [0.3, 0.4) is 0 Å². The highest BCUT2D eigenvalue weighted by Gasteiger charge is 2.36. The summed E-state index contributed by atoms with van der Waals surface area (Å²) in [6, 6.07) is 10.1. The van der Waals surface area contributed by atoms with Crippen molar-refractivity contribution in [3.63, 3.8) is 0 Å². The molecular formula is C16H24N2. The van der Waals surface area contributed by atoms with Gasteiger partial charge in [-0.25, -0.2) is 0 Å². The lowest BCUT2D eigenvalue weighted by Crippen LogP contribution is -2.43. The third kappa shape index (κ3) is 2.19. The van der Waals surface area contributed by atoms with Gasteiger partial charge in [0.25, 0.3) is 0 Å². The van der Waals surface area contributed by atoms with Crippen molar-refractivity contribution in [2.75, 3.05) is 20.1 Å². The predicted octanol–water partition coefficient (Wildman–Crippen LogP) is 2.60. The van der Waals surface area contributed by atoms with Crippen LogP contribution in [0.1, 0.15) is 36.9 Å². The summed E-state index contributed by atoms with van der Waals surface area (Å²) in [7, 11) is 2.10. The molecule has 2 aliphatic rings. The number of benzene rings is 1. The molecule has 0 saturated heterocycles. The maximum atomic E-state index is 3.54. The molecule has 1 saturated carbocycles. The van der Waals surface area contributed by atoms with E-state index in [-0.39, 0.29) is 0 Å². The van der Waals surface area contributed by atoms with Crippen LogP contribution in [-0.4, -0.2) is 31.1 Å². The van der Waals surface area contributed by atoms with Crippen molar-refractivity contribution in [1.29, 1.82) is 0 Å². The zero-order valence-electron chi connectivity index (χ0n) is 11.5. The fourth-order valence-electron chi connectivity index (χ4n) is 3.39. The van der Waals surface area contributed by atoms with Crippen molar-refractivity contribution in [3.05, 3.63) is 35.4 Å². The van der Waals surface area contributed by atoms with E-state index in [9.17, 15) is 0 Å². The van der Waals surface area contributed by atoms with E-state index in [0.29, 0.717) is 12.1 Å². The van der Waals surface area contributed by atoms with Gasteiger partial charge in [-0.3, -0.25) is 4.90 Å². The molecule has 0 aromatic heterocycles. The van der Waals surface area contributed by atoms with Gasteiger partial charge >= 0.3 is 0 Å². The number of nitrogens with one attached hydrogen (secondary N) is 1. The van der Waals surface area contributed by atoms with E-state index in [0.717, 1.165) is 5.92 Å². The molecule has 0 bridgehead atoms. The Bertz CT molecular complexity index is 411. The van der Waals surface area contributed by atoms with E-state index < -0.39 is 0 Å². The van der Waals surface area contributed by atoms with E-state index in [1.165, 1.54) is 43.5 Å². The summed E-state index contributed by atoms with van der Waals surface area (Å²) in [5.74, 6) is 0.978. The van der Waals surface area contributed by atoms with Gasteiger partial charge in [0.1, 0.15) is 0 Å². The van der Waals surface area contributed by atoms with Crippen LogP contribution in [0, 0.1) is 5.92 Å². The summed E-state index contributed by atoms with van der Waals surface area (Å²) in [6.07, 6.45) is 4.10. The number of nitrogens with zero attached hydrogens (tertiary/aromatic N) is 1. The first-order chi connectivity index (χ1) is 8.83. The molecule has 0 radical (unpaired) electrons. The van der Waals surface area contributed by atoms with Crippen LogP contribution in [-0.2, 0) is 6.42 Å². The summed E-state index contributed by atoms with van der Waals surface area (Å²) in [6.45, 7) is 4.78. The summed E-state index contributed by atoms with van der Waals surface area (Å²) in [4.78, 5) is 2.69. The monoisotopic (exact) mass is 244 g/mol. The molecule has 1 fully saturated rings. The lowest BCUT2D eigenvalue weighted by Gasteiger charge is -2.32. The topological polar surface area (TPSA) is 15.3 Å². The first-order valence-corrected chi connectivity index (χ1v) is 7.32. The minimum Gasteiger partial charge on any atom is -0.312 e. The van der Waals surface area contributed by atoms with Crippen LogP contribution in [0.2, 0.25) is 0 Å². The van der Waals surface area contributed by atoms with Crippen LogP contribution in [0.15, 0.2) is 24.3 Å². The smallest absolute Gasteiger partial charge is 0.0481 e. The van der Waals surface area contributed by atoms with E-state index in [1.807, 2.05) is 0 Å².